The maximum atomic E-state index is 12.3. The number of hydrogen-bond acceptors (Lipinski definition) is 12. The minimum absolute atomic E-state index is 0. The largest absolute Gasteiger partial charge is 0.444 e. The molecule has 0 spiro atoms. The number of ether oxygens (including phenoxy) is 6. The molecule has 6 N–H and O–H groups in total. The fraction of sp³-hybridized carbons (Fsp3) is 0.414. The van der Waals surface area contributed by atoms with Crippen LogP contribution in [0.4, 0.5) is 9.59 Å². The van der Waals surface area contributed by atoms with Gasteiger partial charge in [0.1, 0.15) is 51.7 Å². The minimum Gasteiger partial charge on any atom is -0.444 e. The number of rotatable bonds is 15. The van der Waals surface area contributed by atoms with Crippen LogP contribution in [0.1, 0.15) is 110 Å². The molecule has 460 valence electrons. The van der Waals surface area contributed by atoms with E-state index in [9.17, 15) is 14.4 Å². The second kappa shape index (κ2) is 30.7. The Morgan fingerprint density at radius 2 is 0.894 bits per heavy atom. The highest BCUT2D eigenvalue weighted by molar-refractivity contribution is 7.95. The first-order chi connectivity index (χ1) is 39.9. The zero-order valence-corrected chi connectivity index (χ0v) is 53.2. The number of aliphatic hydroxyl groups excluding tert-OH is 2. The molecule has 0 unspecified atom stereocenters. The first kappa shape index (κ1) is 69.2. The second-order valence-corrected chi connectivity index (χ2v) is 28.5. The van der Waals surface area contributed by atoms with Crippen molar-refractivity contribution in [3.8, 4) is 0 Å². The molecule has 0 aliphatic carbocycles. The van der Waals surface area contributed by atoms with E-state index in [4.69, 9.17) is 44.4 Å². The summed E-state index contributed by atoms with van der Waals surface area (Å²) >= 11 is 0. The van der Waals surface area contributed by atoms with Crippen LogP contribution in [-0.4, -0.2) is 108 Å². The van der Waals surface area contributed by atoms with E-state index >= 15 is 0 Å². The van der Waals surface area contributed by atoms with Crippen molar-refractivity contribution in [3.05, 3.63) is 203 Å². The summed E-state index contributed by atoms with van der Waals surface area (Å²) in [7, 11) is -1.79. The summed E-state index contributed by atoms with van der Waals surface area (Å²) in [5.41, 5.74) is 9.12. The third-order valence-electron chi connectivity index (χ3n) is 13.9. The van der Waals surface area contributed by atoms with Gasteiger partial charge in [0.05, 0.1) is 51.3 Å². The van der Waals surface area contributed by atoms with E-state index in [-0.39, 0.29) is 27.9 Å². The smallest absolute Gasteiger partial charge is 0.408 e. The Kier molecular flexibility index (Phi) is 25.0. The molecule has 8 rings (SSSR count). The van der Waals surface area contributed by atoms with E-state index in [0.717, 1.165) is 18.1 Å². The Bertz CT molecular complexity index is 2900. The topological polar surface area (TPSA) is 197 Å². The molecule has 6 aromatic rings. The number of nitrogens with one attached hydrogen (secondary N) is 2. The first-order valence-electron chi connectivity index (χ1n) is 28.9. The number of nitrogens with two attached hydrogens (primary N) is 1. The lowest BCUT2D eigenvalue weighted by molar-refractivity contribution is -0.264. The normalized spacial score (nSPS) is 16.1. The van der Waals surface area contributed by atoms with Crippen molar-refractivity contribution < 1.29 is 54.4 Å². The van der Waals surface area contributed by atoms with E-state index in [1.807, 2.05) is 109 Å². The lowest BCUT2D eigenvalue weighted by Crippen LogP contribution is -2.62. The SMILES string of the molecule is CC(C)(C)OC(=O)NC1(C=O)COC(C)(C)OC1.Cc1ccc(/C=C/C2(NC(=O)OC(C)(C)C)COC(C)(C)OC2)cc1.Cc1ccc(CCC(N)(CO)CO)cc1.Cc1ccc(C[P+](c2ccccc2)(c2ccccc2)c2ccccc2)cc1.[2HH]. The van der Waals surface area contributed by atoms with Crippen molar-refractivity contribution in [2.24, 2.45) is 5.73 Å². The zero-order valence-electron chi connectivity index (χ0n) is 52.3. The van der Waals surface area contributed by atoms with Crippen LogP contribution in [0.3, 0.4) is 0 Å². The lowest BCUT2D eigenvalue weighted by atomic mass is 9.94. The number of alkyl carbamates (subject to hydrolysis) is 2. The summed E-state index contributed by atoms with van der Waals surface area (Å²) in [5.74, 6) is -1.42. The molecular weight excluding hydrogens is 1090 g/mol. The molecule has 2 heterocycles. The number of hydrogen-bond donors (Lipinski definition) is 5. The Balaban J connectivity index is 0.000000251. The number of aliphatic hydroxyl groups is 2. The van der Waals surface area contributed by atoms with Gasteiger partial charge in [-0.05, 0) is 156 Å². The average Bonchev–Trinajstić information content (AvgIpc) is 0.828. The van der Waals surface area contributed by atoms with Crippen LogP contribution in [0.15, 0.2) is 170 Å². The van der Waals surface area contributed by atoms with Gasteiger partial charge in [-0.15, -0.1) is 0 Å². The molecule has 0 aromatic heterocycles. The van der Waals surface area contributed by atoms with Gasteiger partial charge in [-0.2, -0.15) is 0 Å². The van der Waals surface area contributed by atoms with Crippen molar-refractivity contribution >= 4 is 47.7 Å². The van der Waals surface area contributed by atoms with Gasteiger partial charge >= 0.3 is 12.2 Å². The van der Waals surface area contributed by atoms with Crippen LogP contribution in [0.25, 0.3) is 6.08 Å². The predicted molar refractivity (Wildman–Crippen MR) is 345 cm³/mol. The molecule has 2 aliphatic heterocycles. The number of benzene rings is 6. The van der Waals surface area contributed by atoms with E-state index in [0.29, 0.717) is 25.9 Å². The van der Waals surface area contributed by atoms with Crippen molar-refractivity contribution in [1.82, 2.24) is 10.6 Å². The van der Waals surface area contributed by atoms with Crippen molar-refractivity contribution in [2.45, 2.75) is 148 Å². The van der Waals surface area contributed by atoms with Gasteiger partial charge in [-0.3, -0.25) is 0 Å². The second-order valence-electron chi connectivity index (χ2n) is 25.0. The fourth-order valence-corrected chi connectivity index (χ4v) is 13.0. The molecule has 0 saturated carbocycles. The van der Waals surface area contributed by atoms with Crippen molar-refractivity contribution in [2.75, 3.05) is 39.6 Å². The maximum absolute atomic E-state index is 12.3. The molecule has 14 nitrogen and oxygen atoms in total. The molecule has 2 aliphatic rings. The highest BCUT2D eigenvalue weighted by Gasteiger charge is 2.46. The Morgan fingerprint density at radius 3 is 1.25 bits per heavy atom. The number of carbonyl (C=O) groups is 3. The van der Waals surface area contributed by atoms with Crippen LogP contribution in [0.5, 0.6) is 0 Å². The lowest BCUT2D eigenvalue weighted by Gasteiger charge is -2.42. The zero-order chi connectivity index (χ0) is 62.6. The summed E-state index contributed by atoms with van der Waals surface area (Å²) in [6, 6.07) is 58.6. The van der Waals surface area contributed by atoms with Crippen LogP contribution >= 0.6 is 7.26 Å². The number of aldehydes is 1. The molecule has 2 fully saturated rings. The third-order valence-corrected chi connectivity index (χ3v) is 18.3. The fourth-order valence-electron chi connectivity index (χ4n) is 8.80. The summed E-state index contributed by atoms with van der Waals surface area (Å²) in [6.07, 6.45) is 5.73. The van der Waals surface area contributed by atoms with Gasteiger partial charge in [0.15, 0.2) is 11.6 Å². The standard InChI is InChI=1S/C26H24P.C20H29NO4.C12H21NO5.C12H19NO2.H2/c1-22-17-19-23(20-18-22)21-27(24-11-5-2-6-12-24,25-13-7-3-8-14-25)26-15-9-4-10-16-26;1-15-7-9-16(10-8-15)11-12-20(13-23-19(5,6)24-14-20)21-17(22)25-18(2,3)4;1-10(2,3)18-9(15)13-12(6-14)7-16-11(4,5)17-8-12;1-10-2-4-11(5-3-10)6-7-12(13,8-14)9-15;/h2-20H,21H2,1H3;7-12H,13-14H2,1-6H3,(H,21,22);6H,7-8H2,1-5H3,(H,13,15);2-5,14-15H,6-9,13H2,1H3;1H/q+1;;;;/b;12-11+;;;/i;;;;1+1. The highest BCUT2D eigenvalue weighted by Crippen LogP contribution is 2.58. The summed E-state index contributed by atoms with van der Waals surface area (Å²) in [6.45, 7) is 24.5. The monoisotopic (exact) mass is 1190 g/mol. The van der Waals surface area contributed by atoms with E-state index in [1.54, 1.807) is 34.6 Å². The molecule has 2 amide bonds. The van der Waals surface area contributed by atoms with Gasteiger partial charge < -0.3 is 59.8 Å². The van der Waals surface area contributed by atoms with Crippen molar-refractivity contribution in [3.63, 3.8) is 0 Å². The van der Waals surface area contributed by atoms with Crippen LogP contribution in [-0.2, 0) is 45.8 Å². The van der Waals surface area contributed by atoms with Crippen molar-refractivity contribution in [1.29, 1.82) is 0 Å². The Hall–Kier alpha value is -6.58. The van der Waals surface area contributed by atoms with Crippen LogP contribution in [0, 0.1) is 20.8 Å². The molecule has 15 heteroatoms. The maximum Gasteiger partial charge on any atom is 0.408 e. The summed E-state index contributed by atoms with van der Waals surface area (Å²) < 4.78 is 32.8. The Morgan fingerprint density at radius 1 is 0.553 bits per heavy atom. The van der Waals surface area contributed by atoms with E-state index < -0.39 is 58.8 Å². The first-order valence-corrected chi connectivity index (χ1v) is 30.9. The number of carbonyl (C=O) groups excluding carboxylic acids is 3. The van der Waals surface area contributed by atoms with Gasteiger partial charge in [0, 0.05) is 1.43 Å². The molecule has 0 radical (unpaired) electrons. The molecule has 0 bridgehead atoms. The minimum atomic E-state index is -1.79. The number of aryl methyl sites for hydroxylation is 4. The van der Waals surface area contributed by atoms with E-state index in [1.165, 1.54) is 43.7 Å². The Labute approximate surface area is 507 Å². The van der Waals surface area contributed by atoms with Gasteiger partial charge in [0.2, 0.25) is 0 Å². The highest BCUT2D eigenvalue weighted by atomic mass is 31.2. The van der Waals surface area contributed by atoms with Gasteiger partial charge in [-0.1, -0.05) is 156 Å². The van der Waals surface area contributed by atoms with Gasteiger partial charge in [0.25, 0.3) is 0 Å². The third kappa shape index (κ3) is 22.7. The molecular formula is C70H95N3O11P+. The molecule has 6 aromatic carbocycles. The van der Waals surface area contributed by atoms with E-state index in [2.05, 4.69) is 133 Å². The number of amides is 2. The summed E-state index contributed by atoms with van der Waals surface area (Å²) in [5, 5.41) is 27.8. The average molecular weight is 1190 g/mol. The predicted octanol–water partition coefficient (Wildman–Crippen LogP) is 11.6. The van der Waals surface area contributed by atoms with Crippen LogP contribution in [0.2, 0.25) is 0 Å². The van der Waals surface area contributed by atoms with Gasteiger partial charge in [-0.25, -0.2) is 9.59 Å². The molecule has 0 atom stereocenters. The summed E-state index contributed by atoms with van der Waals surface area (Å²) in [4.78, 5) is 35.1. The van der Waals surface area contributed by atoms with Crippen LogP contribution < -0.4 is 32.3 Å². The quantitative estimate of drug-likeness (QED) is 0.0483. The molecule has 2 saturated heterocycles. The molecule has 85 heavy (non-hydrogen) atoms.